The van der Waals surface area contributed by atoms with Gasteiger partial charge in [0.05, 0.1) is 0 Å². The van der Waals surface area contributed by atoms with Crippen LogP contribution in [0.15, 0.2) is 36.5 Å². The molecule has 0 radical (unpaired) electrons. The highest BCUT2D eigenvalue weighted by Gasteiger charge is 2.19. The number of ether oxygens (including phenoxy) is 3. The zero-order valence-electron chi connectivity index (χ0n) is 44.9. The molecule has 0 fully saturated rings. The average molecular weight is 942 g/mol. The van der Waals surface area contributed by atoms with E-state index in [0.717, 1.165) is 70.6 Å². The van der Waals surface area contributed by atoms with E-state index in [4.69, 9.17) is 14.2 Å². The van der Waals surface area contributed by atoms with Crippen molar-refractivity contribution in [3.8, 4) is 0 Å². The summed E-state index contributed by atoms with van der Waals surface area (Å²) >= 11 is 0. The lowest BCUT2D eigenvalue weighted by Gasteiger charge is -2.18. The minimum Gasteiger partial charge on any atom is -0.462 e. The van der Waals surface area contributed by atoms with Crippen LogP contribution in [0.25, 0.3) is 0 Å². The van der Waals surface area contributed by atoms with Gasteiger partial charge in [-0.25, -0.2) is 0 Å². The molecule has 0 N–H and O–H groups in total. The van der Waals surface area contributed by atoms with E-state index in [0.29, 0.717) is 19.3 Å². The molecule has 0 aromatic heterocycles. The predicted octanol–water partition coefficient (Wildman–Crippen LogP) is 19.7. The number of carbonyl (C=O) groups is 3. The summed E-state index contributed by atoms with van der Waals surface area (Å²) in [5.74, 6) is -0.883. The molecule has 0 spiro atoms. The van der Waals surface area contributed by atoms with Gasteiger partial charge in [0.15, 0.2) is 6.10 Å². The monoisotopic (exact) mass is 941 g/mol. The van der Waals surface area contributed by atoms with Crippen LogP contribution in [0.3, 0.4) is 0 Å². The van der Waals surface area contributed by atoms with Gasteiger partial charge < -0.3 is 14.2 Å². The Kier molecular flexibility index (Phi) is 54.2. The van der Waals surface area contributed by atoms with Crippen molar-refractivity contribution in [2.45, 2.75) is 322 Å². The smallest absolute Gasteiger partial charge is 0.306 e. The molecule has 0 saturated heterocycles. The van der Waals surface area contributed by atoms with Crippen LogP contribution >= 0.6 is 0 Å². The molecular weight excluding hydrogens is 829 g/mol. The number of allylic oxidation sites excluding steroid dienone is 6. The van der Waals surface area contributed by atoms with Crippen molar-refractivity contribution in [2.24, 2.45) is 0 Å². The van der Waals surface area contributed by atoms with E-state index in [1.165, 1.54) is 205 Å². The molecule has 0 amide bonds. The Morgan fingerprint density at radius 3 is 0.746 bits per heavy atom. The number of hydrogen-bond acceptors (Lipinski definition) is 6. The first-order valence-corrected chi connectivity index (χ1v) is 29.5. The fourth-order valence-electron chi connectivity index (χ4n) is 8.60. The quantitative estimate of drug-likeness (QED) is 0.0262. The maximum Gasteiger partial charge on any atom is 0.306 e. The molecule has 6 nitrogen and oxygen atoms in total. The number of unbranched alkanes of at least 4 members (excludes halogenated alkanes) is 37. The molecule has 0 aliphatic rings. The van der Waals surface area contributed by atoms with Crippen molar-refractivity contribution in [3.05, 3.63) is 36.5 Å². The normalized spacial score (nSPS) is 12.2. The molecule has 0 aliphatic carbocycles. The van der Waals surface area contributed by atoms with Crippen molar-refractivity contribution in [1.29, 1.82) is 0 Å². The van der Waals surface area contributed by atoms with Crippen molar-refractivity contribution < 1.29 is 28.6 Å². The van der Waals surface area contributed by atoms with Crippen LogP contribution in [0.2, 0.25) is 0 Å². The standard InChI is InChI=1S/C61H112O6/c1-4-7-10-13-16-19-22-25-28-30-31-34-36-39-42-45-48-51-54-60(63)66-57-58(56-65-59(62)53-50-47-44-41-38-35-32-27-24-21-18-15-12-9-6-3)67-61(64)55-52-49-46-43-40-37-33-29-26-23-20-17-14-11-8-5-2/h27-30,32-33,58H,4-26,31,34-57H2,1-3H3/b30-28-,32-27-,33-29-. The highest BCUT2D eigenvalue weighted by molar-refractivity contribution is 5.71. The third-order valence-corrected chi connectivity index (χ3v) is 13.1. The third-order valence-electron chi connectivity index (χ3n) is 13.1. The van der Waals surface area contributed by atoms with Gasteiger partial charge in [-0.05, 0) is 96.3 Å². The Bertz CT molecular complexity index is 1130. The third kappa shape index (κ3) is 54.4. The van der Waals surface area contributed by atoms with Crippen molar-refractivity contribution >= 4 is 17.9 Å². The first-order chi connectivity index (χ1) is 33.0. The SMILES string of the molecule is CCCCCCCC/C=C\CCCCCCCC(=O)OCC(COC(=O)CCCCCCCCC/C=C\CCCCCCCCC)OC(=O)CCCCCCC/C=C\CCCCCCCCC. The fourth-order valence-corrected chi connectivity index (χ4v) is 8.60. The van der Waals surface area contributed by atoms with Crippen LogP contribution in [0.1, 0.15) is 316 Å². The second kappa shape index (κ2) is 56.2. The zero-order chi connectivity index (χ0) is 48.6. The highest BCUT2D eigenvalue weighted by Crippen LogP contribution is 2.16. The number of carbonyl (C=O) groups excluding carboxylic acids is 3. The fraction of sp³-hybridized carbons (Fsp3) is 0.852. The van der Waals surface area contributed by atoms with Crippen LogP contribution in [0.5, 0.6) is 0 Å². The van der Waals surface area contributed by atoms with Crippen molar-refractivity contribution in [3.63, 3.8) is 0 Å². The molecule has 6 heteroatoms. The van der Waals surface area contributed by atoms with Crippen LogP contribution in [0.4, 0.5) is 0 Å². The van der Waals surface area contributed by atoms with Crippen LogP contribution in [-0.2, 0) is 28.6 Å². The van der Waals surface area contributed by atoms with Crippen LogP contribution in [0, 0.1) is 0 Å². The van der Waals surface area contributed by atoms with Gasteiger partial charge in [0.25, 0.3) is 0 Å². The Hall–Kier alpha value is -2.37. The van der Waals surface area contributed by atoms with Gasteiger partial charge in [-0.15, -0.1) is 0 Å². The lowest BCUT2D eigenvalue weighted by atomic mass is 10.1. The summed E-state index contributed by atoms with van der Waals surface area (Å²) in [6, 6.07) is 0. The van der Waals surface area contributed by atoms with Crippen LogP contribution in [-0.4, -0.2) is 37.2 Å². The molecule has 0 heterocycles. The summed E-state index contributed by atoms with van der Waals surface area (Å²) in [5, 5.41) is 0. The molecule has 392 valence electrons. The van der Waals surface area contributed by atoms with E-state index in [2.05, 4.69) is 57.2 Å². The van der Waals surface area contributed by atoms with E-state index in [1.807, 2.05) is 0 Å². The maximum absolute atomic E-state index is 12.9. The first kappa shape index (κ1) is 64.6. The summed E-state index contributed by atoms with van der Waals surface area (Å²) in [6.07, 6.45) is 67.0. The van der Waals surface area contributed by atoms with Gasteiger partial charge >= 0.3 is 17.9 Å². The minimum atomic E-state index is -0.780. The van der Waals surface area contributed by atoms with E-state index in [1.54, 1.807) is 0 Å². The summed E-state index contributed by atoms with van der Waals surface area (Å²) in [4.78, 5) is 38.2. The second-order valence-corrected chi connectivity index (χ2v) is 19.9. The molecule has 0 aliphatic heterocycles. The Balaban J connectivity index is 4.37. The Morgan fingerprint density at radius 1 is 0.284 bits per heavy atom. The Morgan fingerprint density at radius 2 is 0.493 bits per heavy atom. The molecule has 0 rings (SSSR count). The molecule has 0 aromatic carbocycles. The Labute approximate surface area is 416 Å². The maximum atomic E-state index is 12.9. The molecule has 0 saturated carbocycles. The molecule has 1 unspecified atom stereocenters. The summed E-state index contributed by atoms with van der Waals surface area (Å²) in [6.45, 7) is 6.65. The van der Waals surface area contributed by atoms with Gasteiger partial charge in [0, 0.05) is 19.3 Å². The highest BCUT2D eigenvalue weighted by atomic mass is 16.6. The topological polar surface area (TPSA) is 78.9 Å². The molecule has 0 bridgehead atoms. The van der Waals surface area contributed by atoms with Gasteiger partial charge in [-0.1, -0.05) is 237 Å². The summed E-state index contributed by atoms with van der Waals surface area (Å²) < 4.78 is 16.9. The molecule has 0 aromatic rings. The summed E-state index contributed by atoms with van der Waals surface area (Å²) in [7, 11) is 0. The van der Waals surface area contributed by atoms with Gasteiger partial charge in [0.1, 0.15) is 13.2 Å². The molecule has 67 heavy (non-hydrogen) atoms. The first-order valence-electron chi connectivity index (χ1n) is 29.5. The predicted molar refractivity (Wildman–Crippen MR) is 289 cm³/mol. The largest absolute Gasteiger partial charge is 0.462 e. The van der Waals surface area contributed by atoms with Crippen molar-refractivity contribution in [1.82, 2.24) is 0 Å². The lowest BCUT2D eigenvalue weighted by molar-refractivity contribution is -0.167. The number of rotatable bonds is 54. The molecule has 1 atom stereocenters. The summed E-state index contributed by atoms with van der Waals surface area (Å²) in [5.41, 5.74) is 0. The van der Waals surface area contributed by atoms with E-state index in [9.17, 15) is 14.4 Å². The van der Waals surface area contributed by atoms with Gasteiger partial charge in [-0.2, -0.15) is 0 Å². The number of esters is 3. The van der Waals surface area contributed by atoms with Gasteiger partial charge in [-0.3, -0.25) is 14.4 Å². The van der Waals surface area contributed by atoms with E-state index in [-0.39, 0.29) is 31.1 Å². The van der Waals surface area contributed by atoms with Crippen molar-refractivity contribution in [2.75, 3.05) is 13.2 Å². The minimum absolute atomic E-state index is 0.0781. The lowest BCUT2D eigenvalue weighted by Crippen LogP contribution is -2.30. The zero-order valence-corrected chi connectivity index (χ0v) is 44.9. The van der Waals surface area contributed by atoms with Crippen LogP contribution < -0.4 is 0 Å². The average Bonchev–Trinajstić information content (AvgIpc) is 3.33. The number of hydrogen-bond donors (Lipinski definition) is 0. The van der Waals surface area contributed by atoms with E-state index >= 15 is 0 Å². The second-order valence-electron chi connectivity index (χ2n) is 19.9. The van der Waals surface area contributed by atoms with Gasteiger partial charge in [0.2, 0.25) is 0 Å². The molecular formula is C61H112O6. The van der Waals surface area contributed by atoms with E-state index < -0.39 is 6.10 Å².